The van der Waals surface area contributed by atoms with Crippen molar-refractivity contribution in [2.75, 3.05) is 19.6 Å². The molecule has 1 fully saturated rings. The highest BCUT2D eigenvalue weighted by Crippen LogP contribution is 2.35. The van der Waals surface area contributed by atoms with Crippen LogP contribution in [0.25, 0.3) is 0 Å². The molecule has 0 unspecified atom stereocenters. The molecule has 3 rings (SSSR count). The van der Waals surface area contributed by atoms with Crippen LogP contribution >= 0.6 is 0 Å². The van der Waals surface area contributed by atoms with Crippen molar-refractivity contribution in [3.63, 3.8) is 0 Å². The Labute approximate surface area is 153 Å². The minimum absolute atomic E-state index is 0.161. The summed E-state index contributed by atoms with van der Waals surface area (Å²) in [7, 11) is 0. The van der Waals surface area contributed by atoms with Crippen molar-refractivity contribution in [3.05, 3.63) is 71.5 Å². The number of halogens is 1. The number of nitrogens with one attached hydrogen (secondary N) is 1. The zero-order valence-corrected chi connectivity index (χ0v) is 15.0. The number of β-amino-alcohol motifs (C(OH)–C–C–N with tert-alkyl or cyclic N) is 1. The number of likely N-dealkylation sites (tertiary alicyclic amines) is 1. The van der Waals surface area contributed by atoms with Gasteiger partial charge in [0.2, 0.25) is 5.91 Å². The number of rotatable bonds is 5. The molecule has 4 nitrogen and oxygen atoms in total. The third-order valence-electron chi connectivity index (χ3n) is 5.13. The lowest BCUT2D eigenvalue weighted by Crippen LogP contribution is -2.53. The van der Waals surface area contributed by atoms with E-state index in [0.29, 0.717) is 38.0 Å². The molecule has 2 aromatic rings. The smallest absolute Gasteiger partial charge is 0.217 e. The molecule has 2 aromatic carbocycles. The Balaban J connectivity index is 1.71. The van der Waals surface area contributed by atoms with E-state index in [1.807, 2.05) is 30.3 Å². The van der Waals surface area contributed by atoms with Gasteiger partial charge in [0, 0.05) is 32.1 Å². The van der Waals surface area contributed by atoms with Gasteiger partial charge < -0.3 is 15.3 Å². The fourth-order valence-electron chi connectivity index (χ4n) is 3.79. The van der Waals surface area contributed by atoms with Crippen molar-refractivity contribution in [3.8, 4) is 0 Å². The van der Waals surface area contributed by atoms with Crippen molar-refractivity contribution in [1.82, 2.24) is 10.2 Å². The number of hydrogen-bond donors (Lipinski definition) is 2. The first-order valence-electron chi connectivity index (χ1n) is 8.99. The first kappa shape index (κ1) is 18.5. The summed E-state index contributed by atoms with van der Waals surface area (Å²) in [5.41, 5.74) is 0.740. The Kier molecular flexibility index (Phi) is 5.69. The number of benzene rings is 2. The number of nitrogens with zero attached hydrogens (tertiary/aromatic N) is 1. The van der Waals surface area contributed by atoms with Gasteiger partial charge in [0.25, 0.3) is 0 Å². The van der Waals surface area contributed by atoms with Gasteiger partial charge >= 0.3 is 0 Å². The lowest BCUT2D eigenvalue weighted by Gasteiger charge is -2.43. The number of amides is 1. The molecule has 1 aliphatic rings. The molecule has 1 heterocycles. The fraction of sp³-hybridized carbons (Fsp3) is 0.381. The topological polar surface area (TPSA) is 52.6 Å². The summed E-state index contributed by atoms with van der Waals surface area (Å²) in [5, 5.41) is 13.4. The molecule has 0 aromatic heterocycles. The van der Waals surface area contributed by atoms with Crippen LogP contribution in [0.1, 0.15) is 37.0 Å². The minimum atomic E-state index is -0.689. The second-order valence-electron chi connectivity index (χ2n) is 6.97. The van der Waals surface area contributed by atoms with Crippen LogP contribution < -0.4 is 5.32 Å². The van der Waals surface area contributed by atoms with Crippen molar-refractivity contribution in [2.45, 2.75) is 31.4 Å². The quantitative estimate of drug-likeness (QED) is 0.866. The Bertz CT molecular complexity index is 743. The summed E-state index contributed by atoms with van der Waals surface area (Å²) in [6.45, 7) is 3.35. The molecule has 1 amide bonds. The molecular weight excluding hydrogens is 331 g/mol. The molecule has 0 spiro atoms. The first-order chi connectivity index (χ1) is 12.5. The standard InChI is InChI=1S/C21H25FN2O2/c1-16(25)23-21(18-9-5-6-10-19(18)22)11-13-24(14-12-21)15-20(26)17-7-3-2-4-8-17/h2-10,20,26H,11-15H2,1H3,(H,23,25)/t20-/m1/s1. The Morgan fingerprint density at radius 3 is 2.38 bits per heavy atom. The number of hydrogen-bond acceptors (Lipinski definition) is 3. The normalized spacial score (nSPS) is 18.3. The van der Waals surface area contributed by atoms with Crippen molar-refractivity contribution >= 4 is 5.91 Å². The molecule has 1 atom stereocenters. The maximum atomic E-state index is 14.4. The van der Waals surface area contributed by atoms with Crippen LogP contribution in [0, 0.1) is 5.82 Å². The Morgan fingerprint density at radius 1 is 1.15 bits per heavy atom. The van der Waals surface area contributed by atoms with Gasteiger partial charge in [0.15, 0.2) is 0 Å². The highest BCUT2D eigenvalue weighted by molar-refractivity contribution is 5.74. The molecule has 0 saturated carbocycles. The van der Waals surface area contributed by atoms with Gasteiger partial charge in [-0.1, -0.05) is 48.5 Å². The minimum Gasteiger partial charge on any atom is -0.387 e. The van der Waals surface area contributed by atoms with Gasteiger partial charge in [-0.15, -0.1) is 0 Å². The summed E-state index contributed by atoms with van der Waals surface area (Å²) >= 11 is 0. The molecule has 0 bridgehead atoms. The number of piperidine rings is 1. The Hall–Kier alpha value is -2.24. The van der Waals surface area contributed by atoms with E-state index in [4.69, 9.17) is 0 Å². The zero-order valence-electron chi connectivity index (χ0n) is 15.0. The predicted octanol–water partition coefficient (Wildman–Crippen LogP) is 2.99. The van der Waals surface area contributed by atoms with Crippen LogP contribution in [-0.2, 0) is 10.3 Å². The van der Waals surface area contributed by atoms with Crippen LogP contribution in [0.4, 0.5) is 4.39 Å². The second-order valence-corrected chi connectivity index (χ2v) is 6.97. The van der Waals surface area contributed by atoms with E-state index in [0.717, 1.165) is 5.56 Å². The van der Waals surface area contributed by atoms with E-state index < -0.39 is 11.6 Å². The third kappa shape index (κ3) is 4.11. The average Bonchev–Trinajstić information content (AvgIpc) is 2.64. The van der Waals surface area contributed by atoms with Crippen molar-refractivity contribution in [2.24, 2.45) is 0 Å². The molecule has 138 valence electrons. The summed E-state index contributed by atoms with van der Waals surface area (Å²) in [5.74, 6) is -0.454. The number of aliphatic hydroxyl groups is 1. The molecule has 26 heavy (non-hydrogen) atoms. The van der Waals surface area contributed by atoms with E-state index in [1.54, 1.807) is 18.2 Å². The summed E-state index contributed by atoms with van der Waals surface area (Å²) in [6.07, 6.45) is 0.655. The maximum absolute atomic E-state index is 14.4. The second kappa shape index (κ2) is 7.98. The number of aliphatic hydroxyl groups excluding tert-OH is 1. The molecule has 0 radical (unpaired) electrons. The molecule has 1 aliphatic heterocycles. The number of carbonyl (C=O) groups is 1. The summed E-state index contributed by atoms with van der Waals surface area (Å²) in [6, 6.07) is 16.2. The van der Waals surface area contributed by atoms with Gasteiger partial charge in [0.05, 0.1) is 11.6 Å². The highest BCUT2D eigenvalue weighted by atomic mass is 19.1. The third-order valence-corrected chi connectivity index (χ3v) is 5.13. The molecule has 5 heteroatoms. The largest absolute Gasteiger partial charge is 0.387 e. The summed E-state index contributed by atoms with van der Waals surface area (Å²) in [4.78, 5) is 13.9. The lowest BCUT2D eigenvalue weighted by atomic mass is 9.80. The van der Waals surface area contributed by atoms with Gasteiger partial charge in [0.1, 0.15) is 5.82 Å². The van der Waals surface area contributed by atoms with Crippen molar-refractivity contribution < 1.29 is 14.3 Å². The zero-order chi connectivity index (χ0) is 18.6. The van der Waals surface area contributed by atoms with Crippen molar-refractivity contribution in [1.29, 1.82) is 0 Å². The first-order valence-corrected chi connectivity index (χ1v) is 8.99. The van der Waals surface area contributed by atoms with Gasteiger partial charge in [-0.05, 0) is 24.5 Å². The average molecular weight is 356 g/mol. The van der Waals surface area contributed by atoms with Crippen LogP contribution in [0.15, 0.2) is 54.6 Å². The number of carbonyl (C=O) groups excluding carboxylic acids is 1. The predicted molar refractivity (Wildman–Crippen MR) is 99.0 cm³/mol. The van der Waals surface area contributed by atoms with E-state index in [-0.39, 0.29) is 11.7 Å². The molecule has 1 saturated heterocycles. The SMILES string of the molecule is CC(=O)NC1(c2ccccc2F)CCN(C[C@@H](O)c2ccccc2)CC1. The fourth-order valence-corrected chi connectivity index (χ4v) is 3.79. The van der Waals surface area contributed by atoms with E-state index in [1.165, 1.54) is 13.0 Å². The molecule has 2 N–H and O–H groups in total. The summed E-state index contributed by atoms with van der Waals surface area (Å²) < 4.78 is 14.4. The molecule has 0 aliphatic carbocycles. The maximum Gasteiger partial charge on any atom is 0.217 e. The van der Waals surface area contributed by atoms with Gasteiger partial charge in [-0.3, -0.25) is 4.79 Å². The van der Waals surface area contributed by atoms with E-state index in [9.17, 15) is 14.3 Å². The van der Waals surface area contributed by atoms with E-state index >= 15 is 0 Å². The van der Waals surface area contributed by atoms with Crippen LogP contribution in [0.2, 0.25) is 0 Å². The van der Waals surface area contributed by atoms with E-state index in [2.05, 4.69) is 10.2 Å². The monoisotopic (exact) mass is 356 g/mol. The van der Waals surface area contributed by atoms with Crippen LogP contribution in [0.5, 0.6) is 0 Å². The highest BCUT2D eigenvalue weighted by Gasteiger charge is 2.39. The van der Waals surface area contributed by atoms with Crippen LogP contribution in [-0.4, -0.2) is 35.5 Å². The Morgan fingerprint density at radius 2 is 1.77 bits per heavy atom. The molecular formula is C21H25FN2O2. The van der Waals surface area contributed by atoms with Gasteiger partial charge in [-0.25, -0.2) is 4.39 Å². The van der Waals surface area contributed by atoms with Crippen LogP contribution in [0.3, 0.4) is 0 Å². The lowest BCUT2D eigenvalue weighted by molar-refractivity contribution is -0.121. The van der Waals surface area contributed by atoms with Gasteiger partial charge in [-0.2, -0.15) is 0 Å².